The SMILES string of the molecule is CC(C)(C)Nc1nc(C2CC3CCC2C3)no1. The fraction of sp³-hybridized carbons (Fsp3) is 0.846. The van der Waals surface area contributed by atoms with Gasteiger partial charge in [0, 0.05) is 11.5 Å². The normalized spacial score (nSPS) is 32.1. The van der Waals surface area contributed by atoms with Gasteiger partial charge in [-0.1, -0.05) is 11.6 Å². The highest BCUT2D eigenvalue weighted by Gasteiger charge is 2.42. The molecule has 0 aliphatic heterocycles. The van der Waals surface area contributed by atoms with Crippen LogP contribution in [0.5, 0.6) is 0 Å². The third-order valence-electron chi connectivity index (χ3n) is 3.99. The molecule has 4 nitrogen and oxygen atoms in total. The van der Waals surface area contributed by atoms with Gasteiger partial charge in [0.15, 0.2) is 5.82 Å². The third kappa shape index (κ3) is 2.17. The number of hydrogen-bond donors (Lipinski definition) is 1. The van der Waals surface area contributed by atoms with E-state index in [1.807, 2.05) is 0 Å². The lowest BCUT2D eigenvalue weighted by molar-refractivity contribution is 0.370. The van der Waals surface area contributed by atoms with Gasteiger partial charge in [0.2, 0.25) is 0 Å². The molecule has 0 saturated heterocycles. The van der Waals surface area contributed by atoms with E-state index in [0.717, 1.165) is 17.7 Å². The van der Waals surface area contributed by atoms with Gasteiger partial charge in [-0.05, 0) is 51.9 Å². The summed E-state index contributed by atoms with van der Waals surface area (Å²) in [6.45, 7) is 6.28. The van der Waals surface area contributed by atoms with Crippen LogP contribution < -0.4 is 5.32 Å². The molecule has 2 bridgehead atoms. The molecule has 0 aromatic carbocycles. The molecule has 17 heavy (non-hydrogen) atoms. The van der Waals surface area contributed by atoms with Crippen molar-refractivity contribution in [1.29, 1.82) is 0 Å². The van der Waals surface area contributed by atoms with Crippen LogP contribution in [0.1, 0.15) is 58.2 Å². The average molecular weight is 235 g/mol. The first-order chi connectivity index (χ1) is 8.01. The molecule has 1 N–H and O–H groups in total. The topological polar surface area (TPSA) is 51.0 Å². The molecule has 1 heterocycles. The Morgan fingerprint density at radius 1 is 1.24 bits per heavy atom. The summed E-state index contributed by atoms with van der Waals surface area (Å²) in [7, 11) is 0. The number of aromatic nitrogens is 2. The number of fused-ring (bicyclic) bond motifs is 2. The van der Waals surface area contributed by atoms with Gasteiger partial charge in [0.1, 0.15) is 0 Å². The van der Waals surface area contributed by atoms with Crippen LogP contribution in [0.3, 0.4) is 0 Å². The number of hydrogen-bond acceptors (Lipinski definition) is 4. The highest BCUT2D eigenvalue weighted by Crippen LogP contribution is 2.52. The van der Waals surface area contributed by atoms with Crippen molar-refractivity contribution in [2.24, 2.45) is 11.8 Å². The summed E-state index contributed by atoms with van der Waals surface area (Å²) in [5, 5.41) is 7.38. The summed E-state index contributed by atoms with van der Waals surface area (Å²) >= 11 is 0. The Morgan fingerprint density at radius 3 is 2.65 bits per heavy atom. The van der Waals surface area contributed by atoms with Crippen LogP contribution in [-0.4, -0.2) is 15.7 Å². The quantitative estimate of drug-likeness (QED) is 0.855. The van der Waals surface area contributed by atoms with E-state index in [2.05, 4.69) is 36.2 Å². The number of nitrogens with zero attached hydrogens (tertiary/aromatic N) is 2. The molecule has 4 heteroatoms. The minimum Gasteiger partial charge on any atom is -0.333 e. The zero-order valence-electron chi connectivity index (χ0n) is 10.9. The second-order valence-corrected chi connectivity index (χ2v) is 6.61. The second-order valence-electron chi connectivity index (χ2n) is 6.61. The maximum absolute atomic E-state index is 5.29. The van der Waals surface area contributed by atoms with Gasteiger partial charge in [0.25, 0.3) is 0 Å². The molecule has 2 fully saturated rings. The van der Waals surface area contributed by atoms with Crippen LogP contribution in [0.4, 0.5) is 6.01 Å². The van der Waals surface area contributed by atoms with Gasteiger partial charge in [-0.15, -0.1) is 0 Å². The van der Waals surface area contributed by atoms with E-state index in [1.165, 1.54) is 25.7 Å². The molecule has 0 radical (unpaired) electrons. The van der Waals surface area contributed by atoms with Crippen molar-refractivity contribution in [1.82, 2.24) is 10.1 Å². The van der Waals surface area contributed by atoms with Gasteiger partial charge in [-0.2, -0.15) is 4.98 Å². The van der Waals surface area contributed by atoms with Crippen molar-refractivity contribution in [3.8, 4) is 0 Å². The highest BCUT2D eigenvalue weighted by molar-refractivity contribution is 5.24. The Kier molecular flexibility index (Phi) is 2.42. The molecule has 2 aliphatic rings. The Labute approximate surface area is 102 Å². The maximum atomic E-state index is 5.29. The molecule has 3 atom stereocenters. The first kappa shape index (κ1) is 11.1. The molecule has 2 aliphatic carbocycles. The fourth-order valence-corrected chi connectivity index (χ4v) is 3.32. The van der Waals surface area contributed by atoms with Gasteiger partial charge in [-0.3, -0.25) is 0 Å². The monoisotopic (exact) mass is 235 g/mol. The number of nitrogens with one attached hydrogen (secondary N) is 1. The van der Waals surface area contributed by atoms with Crippen molar-refractivity contribution in [2.75, 3.05) is 5.32 Å². The Morgan fingerprint density at radius 2 is 2.06 bits per heavy atom. The lowest BCUT2D eigenvalue weighted by Gasteiger charge is -2.18. The Balaban J connectivity index is 1.72. The zero-order valence-corrected chi connectivity index (χ0v) is 10.9. The standard InChI is InChI=1S/C13H21N3O/c1-13(2,3)15-12-14-11(16-17-12)10-7-8-4-5-9(10)6-8/h8-10H,4-7H2,1-3H3,(H,14,15,16). The predicted octanol–water partition coefficient (Wildman–Crippen LogP) is 3.18. The lowest BCUT2D eigenvalue weighted by atomic mass is 9.88. The van der Waals surface area contributed by atoms with Crippen LogP contribution in [-0.2, 0) is 0 Å². The highest BCUT2D eigenvalue weighted by atomic mass is 16.5. The molecule has 3 rings (SSSR count). The first-order valence-electron chi connectivity index (χ1n) is 6.63. The summed E-state index contributed by atoms with van der Waals surface area (Å²) in [6.07, 6.45) is 5.40. The van der Waals surface area contributed by atoms with Crippen LogP contribution in [0.15, 0.2) is 4.52 Å². The Hall–Kier alpha value is -1.06. The number of rotatable bonds is 2. The fourth-order valence-electron chi connectivity index (χ4n) is 3.32. The zero-order chi connectivity index (χ0) is 12.0. The minimum atomic E-state index is -0.0293. The van der Waals surface area contributed by atoms with Crippen molar-refractivity contribution in [3.05, 3.63) is 5.82 Å². The smallest absolute Gasteiger partial charge is 0.321 e. The molecule has 3 unspecified atom stereocenters. The van der Waals surface area contributed by atoms with E-state index in [9.17, 15) is 0 Å². The second kappa shape index (κ2) is 3.72. The van der Waals surface area contributed by atoms with Crippen molar-refractivity contribution >= 4 is 6.01 Å². The average Bonchev–Trinajstić information content (AvgIpc) is 2.87. The van der Waals surface area contributed by atoms with Gasteiger partial charge in [-0.25, -0.2) is 0 Å². The summed E-state index contributed by atoms with van der Waals surface area (Å²) < 4.78 is 5.29. The lowest BCUT2D eigenvalue weighted by Crippen LogP contribution is -2.26. The van der Waals surface area contributed by atoms with Crippen molar-refractivity contribution in [2.45, 2.75) is 57.9 Å². The van der Waals surface area contributed by atoms with E-state index in [-0.39, 0.29) is 5.54 Å². The minimum absolute atomic E-state index is 0.0293. The number of anilines is 1. The summed E-state index contributed by atoms with van der Waals surface area (Å²) in [5.41, 5.74) is -0.0293. The molecule has 1 aromatic rings. The van der Waals surface area contributed by atoms with Gasteiger partial charge in [0.05, 0.1) is 0 Å². The molecule has 0 spiro atoms. The molecular weight excluding hydrogens is 214 g/mol. The van der Waals surface area contributed by atoms with E-state index in [4.69, 9.17) is 4.52 Å². The van der Waals surface area contributed by atoms with Gasteiger partial charge >= 0.3 is 6.01 Å². The maximum Gasteiger partial charge on any atom is 0.321 e. The molecule has 94 valence electrons. The summed E-state index contributed by atoms with van der Waals surface area (Å²) in [5.74, 6) is 3.19. The van der Waals surface area contributed by atoms with Crippen molar-refractivity contribution in [3.63, 3.8) is 0 Å². The Bertz CT molecular complexity index is 407. The van der Waals surface area contributed by atoms with E-state index in [1.54, 1.807) is 0 Å². The molecule has 2 saturated carbocycles. The van der Waals surface area contributed by atoms with Crippen molar-refractivity contribution < 1.29 is 4.52 Å². The van der Waals surface area contributed by atoms with E-state index >= 15 is 0 Å². The first-order valence-corrected chi connectivity index (χ1v) is 6.63. The van der Waals surface area contributed by atoms with Crippen LogP contribution in [0, 0.1) is 11.8 Å². The third-order valence-corrected chi connectivity index (χ3v) is 3.99. The summed E-state index contributed by atoms with van der Waals surface area (Å²) in [4.78, 5) is 4.51. The van der Waals surface area contributed by atoms with E-state index < -0.39 is 0 Å². The summed E-state index contributed by atoms with van der Waals surface area (Å²) in [6, 6.07) is 0.565. The largest absolute Gasteiger partial charge is 0.333 e. The van der Waals surface area contributed by atoms with Gasteiger partial charge < -0.3 is 9.84 Å². The molecular formula is C13H21N3O. The molecule has 1 aromatic heterocycles. The molecule has 0 amide bonds. The van der Waals surface area contributed by atoms with E-state index in [0.29, 0.717) is 11.9 Å². The van der Waals surface area contributed by atoms with Crippen LogP contribution in [0.25, 0.3) is 0 Å². The predicted molar refractivity (Wildman–Crippen MR) is 65.9 cm³/mol. The van der Waals surface area contributed by atoms with Crippen LogP contribution in [0.2, 0.25) is 0 Å². The van der Waals surface area contributed by atoms with Crippen LogP contribution >= 0.6 is 0 Å².